The van der Waals surface area contributed by atoms with Crippen LogP contribution in [0, 0.1) is 5.82 Å². The van der Waals surface area contributed by atoms with E-state index in [1.165, 1.54) is 23.1 Å². The Labute approximate surface area is 191 Å². The Hall–Kier alpha value is -2.96. The summed E-state index contributed by atoms with van der Waals surface area (Å²) in [6.45, 7) is 2.29. The lowest BCUT2D eigenvalue weighted by molar-refractivity contribution is -0.128. The van der Waals surface area contributed by atoms with E-state index in [0.717, 1.165) is 30.8 Å². The van der Waals surface area contributed by atoms with Crippen LogP contribution in [0.15, 0.2) is 72.1 Å². The molecule has 166 valence electrons. The molecule has 1 atom stereocenters. The lowest BCUT2D eigenvalue weighted by atomic mass is 10.1. The van der Waals surface area contributed by atoms with E-state index < -0.39 is 0 Å². The highest BCUT2D eigenvalue weighted by atomic mass is 32.1. The number of benzene rings is 2. The van der Waals surface area contributed by atoms with Gasteiger partial charge in [-0.05, 0) is 65.8 Å². The molecule has 4 rings (SSSR count). The van der Waals surface area contributed by atoms with Gasteiger partial charge in [0.25, 0.3) is 0 Å². The standard InChI is InChI=1S/C26H26FNO3S/c27-22-5-1-4-20(16-22)10-13-26(29)28(18-24-6-2-14-30-24)17-21-8-11-23(12-9-21)31-19-25-7-3-15-32-25/h1,3-5,7-13,15-16,24H,2,6,14,17-19H2/b13-10+. The summed E-state index contributed by atoms with van der Waals surface area (Å²) < 4.78 is 25.0. The van der Waals surface area contributed by atoms with Crippen LogP contribution in [0.2, 0.25) is 0 Å². The third-order valence-electron chi connectivity index (χ3n) is 5.28. The van der Waals surface area contributed by atoms with Crippen LogP contribution in [0.3, 0.4) is 0 Å². The summed E-state index contributed by atoms with van der Waals surface area (Å²) in [4.78, 5) is 15.9. The Bertz CT molecular complexity index is 1030. The summed E-state index contributed by atoms with van der Waals surface area (Å²) in [7, 11) is 0. The zero-order chi connectivity index (χ0) is 22.2. The molecule has 6 heteroatoms. The van der Waals surface area contributed by atoms with E-state index in [1.807, 2.05) is 41.8 Å². The van der Waals surface area contributed by atoms with E-state index in [9.17, 15) is 9.18 Å². The van der Waals surface area contributed by atoms with Crippen molar-refractivity contribution >= 4 is 23.3 Å². The molecule has 1 amide bonds. The topological polar surface area (TPSA) is 38.8 Å². The highest BCUT2D eigenvalue weighted by Crippen LogP contribution is 2.19. The summed E-state index contributed by atoms with van der Waals surface area (Å²) in [6, 6.07) is 18.1. The van der Waals surface area contributed by atoms with Crippen molar-refractivity contribution in [3.05, 3.63) is 93.9 Å². The van der Waals surface area contributed by atoms with E-state index >= 15 is 0 Å². The van der Waals surface area contributed by atoms with Crippen molar-refractivity contribution in [2.24, 2.45) is 0 Å². The van der Waals surface area contributed by atoms with Gasteiger partial charge in [-0.3, -0.25) is 4.79 Å². The lowest BCUT2D eigenvalue weighted by Gasteiger charge is -2.24. The molecule has 4 nitrogen and oxygen atoms in total. The van der Waals surface area contributed by atoms with Crippen LogP contribution < -0.4 is 4.74 Å². The molecule has 2 heterocycles. The van der Waals surface area contributed by atoms with Crippen molar-refractivity contribution in [3.8, 4) is 5.75 Å². The first-order valence-electron chi connectivity index (χ1n) is 10.7. The highest BCUT2D eigenvalue weighted by Gasteiger charge is 2.21. The normalized spacial score (nSPS) is 15.8. The number of halogens is 1. The molecule has 32 heavy (non-hydrogen) atoms. The van der Waals surface area contributed by atoms with Gasteiger partial charge in [-0.25, -0.2) is 4.39 Å². The minimum Gasteiger partial charge on any atom is -0.488 e. The number of thiophene rings is 1. The second-order valence-electron chi connectivity index (χ2n) is 7.75. The summed E-state index contributed by atoms with van der Waals surface area (Å²) in [5.74, 6) is 0.352. The van der Waals surface area contributed by atoms with Gasteiger partial charge in [0, 0.05) is 30.6 Å². The molecule has 0 N–H and O–H groups in total. The smallest absolute Gasteiger partial charge is 0.246 e. The first-order valence-corrected chi connectivity index (χ1v) is 11.6. The van der Waals surface area contributed by atoms with Crippen molar-refractivity contribution in [3.63, 3.8) is 0 Å². The fourth-order valence-electron chi connectivity index (χ4n) is 3.61. The Morgan fingerprint density at radius 2 is 2.06 bits per heavy atom. The summed E-state index contributed by atoms with van der Waals surface area (Å²) >= 11 is 1.67. The Morgan fingerprint density at radius 3 is 2.78 bits per heavy atom. The van der Waals surface area contributed by atoms with Gasteiger partial charge in [0.2, 0.25) is 5.91 Å². The van der Waals surface area contributed by atoms with Gasteiger partial charge in [-0.1, -0.05) is 30.3 Å². The van der Waals surface area contributed by atoms with Crippen LogP contribution in [0.25, 0.3) is 6.08 Å². The molecule has 1 aromatic heterocycles. The van der Waals surface area contributed by atoms with E-state index in [4.69, 9.17) is 9.47 Å². The number of hydrogen-bond acceptors (Lipinski definition) is 4. The largest absolute Gasteiger partial charge is 0.488 e. The number of amides is 1. The van der Waals surface area contributed by atoms with Gasteiger partial charge in [-0.2, -0.15) is 0 Å². The number of hydrogen-bond donors (Lipinski definition) is 0. The summed E-state index contributed by atoms with van der Waals surface area (Å²) in [5.41, 5.74) is 1.67. The van der Waals surface area contributed by atoms with Crippen molar-refractivity contribution in [2.75, 3.05) is 13.2 Å². The molecule has 1 fully saturated rings. The van der Waals surface area contributed by atoms with Gasteiger partial charge < -0.3 is 14.4 Å². The Kier molecular flexibility index (Phi) is 7.69. The first kappa shape index (κ1) is 22.2. The summed E-state index contributed by atoms with van der Waals surface area (Å²) in [6.07, 6.45) is 5.17. The maximum atomic E-state index is 13.4. The van der Waals surface area contributed by atoms with Crippen LogP contribution in [0.5, 0.6) is 5.75 Å². The molecular weight excluding hydrogens is 425 g/mol. The predicted molar refractivity (Wildman–Crippen MR) is 125 cm³/mol. The molecule has 0 spiro atoms. The number of ether oxygens (including phenoxy) is 2. The molecule has 0 radical (unpaired) electrons. The second-order valence-corrected chi connectivity index (χ2v) is 8.79. The van der Waals surface area contributed by atoms with Gasteiger partial charge in [0.05, 0.1) is 6.10 Å². The molecule has 0 aliphatic carbocycles. The van der Waals surface area contributed by atoms with Gasteiger partial charge in [0.15, 0.2) is 0 Å². The minimum atomic E-state index is -0.322. The van der Waals surface area contributed by atoms with Crippen LogP contribution in [0.4, 0.5) is 4.39 Å². The monoisotopic (exact) mass is 451 g/mol. The molecule has 2 aromatic carbocycles. The Morgan fingerprint density at radius 1 is 1.19 bits per heavy atom. The van der Waals surface area contributed by atoms with Crippen LogP contribution in [0.1, 0.15) is 28.8 Å². The fraction of sp³-hybridized carbons (Fsp3) is 0.269. The molecule has 0 saturated carbocycles. The SMILES string of the molecule is O=C(/C=C/c1cccc(F)c1)N(Cc1ccc(OCc2cccs2)cc1)CC1CCCO1. The molecule has 1 saturated heterocycles. The average molecular weight is 452 g/mol. The highest BCUT2D eigenvalue weighted by molar-refractivity contribution is 7.09. The molecule has 1 unspecified atom stereocenters. The van der Waals surface area contributed by atoms with Crippen LogP contribution >= 0.6 is 11.3 Å². The van der Waals surface area contributed by atoms with Gasteiger partial charge in [-0.15, -0.1) is 11.3 Å². The van der Waals surface area contributed by atoms with E-state index in [-0.39, 0.29) is 17.8 Å². The van der Waals surface area contributed by atoms with E-state index in [2.05, 4.69) is 0 Å². The zero-order valence-electron chi connectivity index (χ0n) is 17.8. The average Bonchev–Trinajstić information content (AvgIpc) is 3.51. The van der Waals surface area contributed by atoms with Gasteiger partial charge >= 0.3 is 0 Å². The van der Waals surface area contributed by atoms with Crippen molar-refractivity contribution in [1.29, 1.82) is 0 Å². The first-order chi connectivity index (χ1) is 15.7. The zero-order valence-corrected chi connectivity index (χ0v) is 18.6. The molecule has 1 aliphatic heterocycles. The summed E-state index contributed by atoms with van der Waals surface area (Å²) in [5, 5.41) is 2.03. The van der Waals surface area contributed by atoms with E-state index in [0.29, 0.717) is 25.3 Å². The predicted octanol–water partition coefficient (Wildman–Crippen LogP) is 5.69. The number of rotatable bonds is 9. The van der Waals surface area contributed by atoms with Crippen molar-refractivity contribution in [2.45, 2.75) is 32.1 Å². The van der Waals surface area contributed by atoms with Crippen molar-refractivity contribution in [1.82, 2.24) is 4.90 Å². The second kappa shape index (κ2) is 11.1. The van der Waals surface area contributed by atoms with Gasteiger partial charge in [0.1, 0.15) is 18.2 Å². The van der Waals surface area contributed by atoms with E-state index in [1.54, 1.807) is 34.4 Å². The maximum Gasteiger partial charge on any atom is 0.246 e. The third-order valence-corrected chi connectivity index (χ3v) is 6.13. The number of carbonyl (C=O) groups is 1. The molecule has 1 aliphatic rings. The third kappa shape index (κ3) is 6.52. The quantitative estimate of drug-likeness (QED) is 0.393. The fourth-order valence-corrected chi connectivity index (χ4v) is 4.23. The number of nitrogens with zero attached hydrogens (tertiary/aromatic N) is 1. The van der Waals surface area contributed by atoms with Crippen molar-refractivity contribution < 1.29 is 18.7 Å². The molecular formula is C26H26FNO3S. The number of carbonyl (C=O) groups excluding carboxylic acids is 1. The van der Waals surface area contributed by atoms with Crippen LogP contribution in [-0.4, -0.2) is 30.1 Å². The maximum absolute atomic E-state index is 13.4. The molecule has 0 bridgehead atoms. The van der Waals surface area contributed by atoms with Crippen LogP contribution in [-0.2, 0) is 22.7 Å². The lowest BCUT2D eigenvalue weighted by Crippen LogP contribution is -2.35. The molecule has 3 aromatic rings. The minimum absolute atomic E-state index is 0.0509. The Balaban J connectivity index is 1.40.